The first kappa shape index (κ1) is 12.7. The maximum absolute atomic E-state index is 12.1. The molecule has 0 radical (unpaired) electrons. The number of aromatic nitrogens is 1. The molecule has 0 amide bonds. The van der Waals surface area contributed by atoms with Gasteiger partial charge >= 0.3 is 0 Å². The average Bonchev–Trinajstić information content (AvgIpc) is 2.68. The predicted molar refractivity (Wildman–Crippen MR) is 74.0 cm³/mol. The van der Waals surface area contributed by atoms with Gasteiger partial charge in [0.25, 0.3) is 0 Å². The number of benzene rings is 1. The molecule has 0 aliphatic carbocycles. The van der Waals surface area contributed by atoms with E-state index in [9.17, 15) is 4.79 Å². The fourth-order valence-electron chi connectivity index (χ4n) is 1.47. The second-order valence-corrected chi connectivity index (χ2v) is 5.85. The number of carbonyl (C=O) groups excluding carboxylic acids is 1. The van der Waals surface area contributed by atoms with Crippen molar-refractivity contribution in [2.45, 2.75) is 13.3 Å². The molecule has 1 heterocycles. The molecule has 0 saturated heterocycles. The van der Waals surface area contributed by atoms with Gasteiger partial charge in [-0.1, -0.05) is 17.7 Å². The van der Waals surface area contributed by atoms with Crippen molar-refractivity contribution in [3.05, 3.63) is 49.3 Å². The van der Waals surface area contributed by atoms with Gasteiger partial charge in [0.2, 0.25) is 0 Å². The zero-order chi connectivity index (χ0) is 12.4. The van der Waals surface area contributed by atoms with E-state index in [0.29, 0.717) is 17.0 Å². The highest BCUT2D eigenvalue weighted by atomic mass is 79.9. The Balaban J connectivity index is 2.23. The van der Waals surface area contributed by atoms with Crippen molar-refractivity contribution in [1.29, 1.82) is 0 Å². The fourth-order valence-corrected chi connectivity index (χ4v) is 2.68. The van der Waals surface area contributed by atoms with Crippen LogP contribution in [0.2, 0.25) is 5.02 Å². The Morgan fingerprint density at radius 2 is 2.29 bits per heavy atom. The minimum absolute atomic E-state index is 0.0124. The minimum atomic E-state index is -0.0124. The number of carbonyl (C=O) groups is 1. The monoisotopic (exact) mass is 329 g/mol. The number of Topliss-reactive ketones (excluding diaryl/α,β-unsaturated/α-hetero) is 1. The van der Waals surface area contributed by atoms with Crippen LogP contribution in [0.5, 0.6) is 0 Å². The molecule has 0 unspecified atom stereocenters. The zero-order valence-electron chi connectivity index (χ0n) is 9.04. The van der Waals surface area contributed by atoms with Crippen LogP contribution >= 0.6 is 38.9 Å². The Morgan fingerprint density at radius 3 is 2.94 bits per heavy atom. The molecule has 17 heavy (non-hydrogen) atoms. The van der Waals surface area contributed by atoms with E-state index in [0.717, 1.165) is 15.2 Å². The van der Waals surface area contributed by atoms with Gasteiger partial charge in [0.1, 0.15) is 0 Å². The number of hydrogen-bond acceptors (Lipinski definition) is 3. The van der Waals surface area contributed by atoms with Gasteiger partial charge in [-0.05, 0) is 35.0 Å². The molecule has 0 atom stereocenters. The molecule has 2 rings (SSSR count). The number of thiazole rings is 1. The fraction of sp³-hybridized carbons (Fsp3) is 0.167. The van der Waals surface area contributed by atoms with E-state index in [1.54, 1.807) is 23.5 Å². The summed E-state index contributed by atoms with van der Waals surface area (Å²) in [5.41, 5.74) is 1.33. The van der Waals surface area contributed by atoms with Gasteiger partial charge in [-0.3, -0.25) is 4.79 Å². The van der Waals surface area contributed by atoms with Crippen molar-refractivity contribution in [3.8, 4) is 0 Å². The van der Waals surface area contributed by atoms with Crippen LogP contribution in [0, 0.1) is 6.92 Å². The molecule has 2 nitrogen and oxygen atoms in total. The van der Waals surface area contributed by atoms with Crippen LogP contribution < -0.4 is 0 Å². The largest absolute Gasteiger partial charge is 0.294 e. The van der Waals surface area contributed by atoms with Crippen LogP contribution in [0.4, 0.5) is 0 Å². The molecule has 1 aromatic heterocycles. The first-order chi connectivity index (χ1) is 8.08. The van der Waals surface area contributed by atoms with Gasteiger partial charge < -0.3 is 0 Å². The summed E-state index contributed by atoms with van der Waals surface area (Å²) in [6.07, 6.45) is 0.292. The lowest BCUT2D eigenvalue weighted by Gasteiger charge is -2.03. The summed E-state index contributed by atoms with van der Waals surface area (Å²) in [7, 11) is 0. The average molecular weight is 331 g/mol. The summed E-state index contributed by atoms with van der Waals surface area (Å²) in [5, 5.41) is 3.33. The van der Waals surface area contributed by atoms with Crippen molar-refractivity contribution in [2.24, 2.45) is 0 Å². The smallest absolute Gasteiger partial charge is 0.170 e. The Kier molecular flexibility index (Phi) is 3.97. The van der Waals surface area contributed by atoms with E-state index in [2.05, 4.69) is 20.9 Å². The van der Waals surface area contributed by atoms with Crippen molar-refractivity contribution in [3.63, 3.8) is 0 Å². The maximum atomic E-state index is 12.1. The van der Waals surface area contributed by atoms with Crippen LogP contribution in [0.1, 0.15) is 21.1 Å². The molecular formula is C12H9BrClNOS. The van der Waals surface area contributed by atoms with Gasteiger partial charge in [0.05, 0.1) is 22.1 Å². The number of nitrogens with zero attached hydrogens (tertiary/aromatic N) is 1. The lowest BCUT2D eigenvalue weighted by Crippen LogP contribution is -2.04. The molecular weight excluding hydrogens is 322 g/mol. The summed E-state index contributed by atoms with van der Waals surface area (Å²) < 4.78 is 0.736. The third-order valence-corrected chi connectivity index (χ3v) is 4.38. The van der Waals surface area contributed by atoms with Crippen molar-refractivity contribution in [2.75, 3.05) is 0 Å². The van der Waals surface area contributed by atoms with Crippen molar-refractivity contribution < 1.29 is 4.79 Å². The van der Waals surface area contributed by atoms with Crippen LogP contribution in [-0.4, -0.2) is 10.8 Å². The van der Waals surface area contributed by atoms with Crippen LogP contribution in [0.3, 0.4) is 0 Å². The lowest BCUT2D eigenvalue weighted by atomic mass is 10.1. The first-order valence-electron chi connectivity index (χ1n) is 4.96. The summed E-state index contributed by atoms with van der Waals surface area (Å²) in [4.78, 5) is 16.3. The first-order valence-corrected chi connectivity index (χ1v) is 7.01. The molecule has 0 saturated carbocycles. The number of hydrogen-bond donors (Lipinski definition) is 0. The second-order valence-electron chi connectivity index (χ2n) is 3.56. The minimum Gasteiger partial charge on any atom is -0.294 e. The highest BCUT2D eigenvalue weighted by molar-refractivity contribution is 9.10. The Labute approximate surface area is 117 Å². The Bertz CT molecular complexity index is 567. The molecule has 0 fully saturated rings. The third-order valence-electron chi connectivity index (χ3n) is 2.26. The third kappa shape index (κ3) is 2.94. The topological polar surface area (TPSA) is 30.0 Å². The highest BCUT2D eigenvalue weighted by Gasteiger charge is 2.14. The maximum Gasteiger partial charge on any atom is 0.170 e. The van der Waals surface area contributed by atoms with E-state index in [1.807, 2.05) is 18.4 Å². The molecule has 1 aromatic carbocycles. The molecule has 0 bridgehead atoms. The number of ketones is 1. The zero-order valence-corrected chi connectivity index (χ0v) is 12.2. The second kappa shape index (κ2) is 5.29. The standard InChI is InChI=1S/C12H9BrClNOS/c1-7-15-8(6-17-7)5-11(16)9-3-2-4-10(13)12(9)14/h2-4,6H,5H2,1H3. The summed E-state index contributed by atoms with van der Waals surface area (Å²) in [5.74, 6) is -0.0124. The SMILES string of the molecule is Cc1nc(CC(=O)c2cccc(Br)c2Cl)cs1. The van der Waals surface area contributed by atoms with Crippen LogP contribution in [0.15, 0.2) is 28.1 Å². The molecule has 0 N–H and O–H groups in total. The van der Waals surface area contributed by atoms with E-state index < -0.39 is 0 Å². The quantitative estimate of drug-likeness (QED) is 0.786. The number of halogens is 2. The molecule has 0 aliphatic rings. The summed E-state index contributed by atoms with van der Waals surface area (Å²) in [6.45, 7) is 1.92. The molecule has 5 heteroatoms. The number of aryl methyl sites for hydroxylation is 1. The molecule has 0 spiro atoms. The van der Waals surface area contributed by atoms with Gasteiger partial charge in [0.15, 0.2) is 5.78 Å². The van der Waals surface area contributed by atoms with Gasteiger partial charge in [-0.25, -0.2) is 4.98 Å². The van der Waals surface area contributed by atoms with E-state index >= 15 is 0 Å². The summed E-state index contributed by atoms with van der Waals surface area (Å²) in [6, 6.07) is 5.34. The molecule has 88 valence electrons. The highest BCUT2D eigenvalue weighted by Crippen LogP contribution is 2.27. The normalized spacial score (nSPS) is 10.5. The van der Waals surface area contributed by atoms with Crippen molar-refractivity contribution in [1.82, 2.24) is 4.98 Å². The Morgan fingerprint density at radius 1 is 1.53 bits per heavy atom. The number of rotatable bonds is 3. The predicted octanol–water partition coefficient (Wildman–Crippen LogP) is 4.29. The lowest BCUT2D eigenvalue weighted by molar-refractivity contribution is 0.0992. The van der Waals surface area contributed by atoms with Crippen LogP contribution in [0.25, 0.3) is 0 Å². The summed E-state index contributed by atoms with van der Waals surface area (Å²) >= 11 is 10.9. The van der Waals surface area contributed by atoms with Crippen molar-refractivity contribution >= 4 is 44.7 Å². The van der Waals surface area contributed by atoms with E-state index in [4.69, 9.17) is 11.6 Å². The van der Waals surface area contributed by atoms with E-state index in [1.165, 1.54) is 0 Å². The Hall–Kier alpha value is -0.710. The molecule has 2 aromatic rings. The van der Waals surface area contributed by atoms with Gasteiger partial charge in [-0.2, -0.15) is 0 Å². The van der Waals surface area contributed by atoms with E-state index in [-0.39, 0.29) is 5.78 Å². The molecule has 0 aliphatic heterocycles. The van der Waals surface area contributed by atoms with Crippen LogP contribution in [-0.2, 0) is 6.42 Å². The van der Waals surface area contributed by atoms with Gasteiger partial charge in [-0.15, -0.1) is 11.3 Å². The van der Waals surface area contributed by atoms with Gasteiger partial charge in [0, 0.05) is 15.4 Å².